The largest absolute Gasteiger partial charge is 0.370 e. The number of hydrogen-bond donors (Lipinski definition) is 1. The van der Waals surface area contributed by atoms with E-state index in [0.29, 0.717) is 5.92 Å². The minimum atomic E-state index is 0.328. The molecule has 24 heavy (non-hydrogen) atoms. The van der Waals surface area contributed by atoms with Crippen LogP contribution < -0.4 is 5.32 Å². The summed E-state index contributed by atoms with van der Waals surface area (Å²) in [5, 5.41) is 3.42. The Morgan fingerprint density at radius 2 is 1.92 bits per heavy atom. The summed E-state index contributed by atoms with van der Waals surface area (Å²) in [4.78, 5) is 13.9. The lowest BCUT2D eigenvalue weighted by Gasteiger charge is -2.11. The van der Waals surface area contributed by atoms with Crippen LogP contribution in [-0.4, -0.2) is 26.1 Å². The number of aryl methyl sites for hydroxylation is 2. The van der Waals surface area contributed by atoms with Crippen LogP contribution in [-0.2, 0) is 13.0 Å². The highest BCUT2D eigenvalue weighted by Gasteiger charge is 2.09. The number of imidazole rings is 1. The zero-order valence-corrected chi connectivity index (χ0v) is 14.9. The van der Waals surface area contributed by atoms with Crippen LogP contribution >= 0.6 is 0 Å². The first kappa shape index (κ1) is 16.4. The third kappa shape index (κ3) is 3.40. The van der Waals surface area contributed by atoms with Crippen LogP contribution in [0.15, 0.2) is 30.3 Å². The van der Waals surface area contributed by atoms with Crippen LogP contribution in [0.5, 0.6) is 0 Å². The summed E-state index contributed by atoms with van der Waals surface area (Å²) in [5.74, 6) is 3.22. The predicted octanol–water partition coefficient (Wildman–Crippen LogP) is 3.93. The van der Waals surface area contributed by atoms with Gasteiger partial charge in [0.1, 0.15) is 17.5 Å². The molecule has 0 aliphatic carbocycles. The summed E-state index contributed by atoms with van der Waals surface area (Å²) in [7, 11) is 0. The molecule has 0 radical (unpaired) electrons. The van der Waals surface area contributed by atoms with Crippen molar-refractivity contribution in [2.45, 2.75) is 46.6 Å². The highest BCUT2D eigenvalue weighted by molar-refractivity contribution is 5.75. The van der Waals surface area contributed by atoms with Gasteiger partial charge in [-0.3, -0.25) is 0 Å². The molecule has 0 spiro atoms. The second-order valence-corrected chi connectivity index (χ2v) is 6.35. The average molecular weight is 323 g/mol. The second-order valence-electron chi connectivity index (χ2n) is 6.35. The standard InChI is InChI=1S/C19H25N5/c1-5-24-16-9-7-6-8-15(16)22-18(24)10-11-20-17-12-14(4)21-19(23-17)13(2)3/h6-9,12-13H,5,10-11H2,1-4H3,(H,20,21,23). The van der Waals surface area contributed by atoms with Gasteiger partial charge in [-0.2, -0.15) is 0 Å². The zero-order chi connectivity index (χ0) is 17.1. The van der Waals surface area contributed by atoms with E-state index >= 15 is 0 Å². The van der Waals surface area contributed by atoms with Crippen LogP contribution in [0.25, 0.3) is 11.0 Å². The molecule has 0 bridgehead atoms. The zero-order valence-electron chi connectivity index (χ0n) is 14.9. The monoisotopic (exact) mass is 323 g/mol. The van der Waals surface area contributed by atoms with Crippen LogP contribution in [0.2, 0.25) is 0 Å². The number of nitrogens with one attached hydrogen (secondary N) is 1. The maximum Gasteiger partial charge on any atom is 0.133 e. The fourth-order valence-electron chi connectivity index (χ4n) is 2.91. The SMILES string of the molecule is CCn1c(CCNc2cc(C)nc(C(C)C)n2)nc2ccccc21. The van der Waals surface area contributed by atoms with Crippen LogP contribution in [0.1, 0.15) is 44.0 Å². The summed E-state index contributed by atoms with van der Waals surface area (Å²) >= 11 is 0. The molecule has 0 aliphatic heterocycles. The van der Waals surface area contributed by atoms with E-state index < -0.39 is 0 Å². The summed E-state index contributed by atoms with van der Waals surface area (Å²) in [5.41, 5.74) is 3.27. The Morgan fingerprint density at radius 3 is 2.67 bits per heavy atom. The number of para-hydroxylation sites is 2. The van der Waals surface area contributed by atoms with Gasteiger partial charge in [-0.05, 0) is 26.0 Å². The van der Waals surface area contributed by atoms with Gasteiger partial charge in [0, 0.05) is 37.2 Å². The number of aromatic nitrogens is 4. The van der Waals surface area contributed by atoms with Crippen LogP contribution in [0.3, 0.4) is 0 Å². The highest BCUT2D eigenvalue weighted by atomic mass is 15.1. The highest BCUT2D eigenvalue weighted by Crippen LogP contribution is 2.17. The molecule has 126 valence electrons. The van der Waals surface area contributed by atoms with Crippen molar-refractivity contribution in [2.75, 3.05) is 11.9 Å². The van der Waals surface area contributed by atoms with Gasteiger partial charge < -0.3 is 9.88 Å². The summed E-state index contributed by atoms with van der Waals surface area (Å²) < 4.78 is 2.28. The van der Waals surface area contributed by atoms with E-state index in [1.54, 1.807) is 0 Å². The number of rotatable bonds is 6. The molecule has 0 atom stereocenters. The van der Waals surface area contributed by atoms with Crippen molar-refractivity contribution in [3.8, 4) is 0 Å². The first-order valence-corrected chi connectivity index (χ1v) is 8.62. The molecule has 5 nitrogen and oxygen atoms in total. The van der Waals surface area contributed by atoms with Gasteiger partial charge in [-0.25, -0.2) is 15.0 Å². The fraction of sp³-hybridized carbons (Fsp3) is 0.421. The molecule has 2 aromatic heterocycles. The van der Waals surface area contributed by atoms with Crippen molar-refractivity contribution in [1.29, 1.82) is 0 Å². The van der Waals surface area contributed by atoms with Crippen molar-refractivity contribution in [3.05, 3.63) is 47.7 Å². The molecule has 0 saturated heterocycles. The van der Waals surface area contributed by atoms with E-state index in [1.165, 1.54) is 5.52 Å². The van der Waals surface area contributed by atoms with Gasteiger partial charge >= 0.3 is 0 Å². The van der Waals surface area contributed by atoms with Crippen molar-refractivity contribution < 1.29 is 0 Å². The van der Waals surface area contributed by atoms with Crippen LogP contribution in [0.4, 0.5) is 5.82 Å². The van der Waals surface area contributed by atoms with E-state index in [9.17, 15) is 0 Å². The molecule has 1 N–H and O–H groups in total. The molecule has 1 aromatic carbocycles. The van der Waals surface area contributed by atoms with Crippen molar-refractivity contribution in [2.24, 2.45) is 0 Å². The van der Waals surface area contributed by atoms with Crippen molar-refractivity contribution in [1.82, 2.24) is 19.5 Å². The Kier molecular flexibility index (Phi) is 4.79. The molecule has 2 heterocycles. The third-order valence-corrected chi connectivity index (χ3v) is 4.09. The van der Waals surface area contributed by atoms with E-state index in [4.69, 9.17) is 4.98 Å². The Bertz CT molecular complexity index is 835. The molecule has 0 saturated carbocycles. The molecule has 5 heteroatoms. The maximum atomic E-state index is 4.77. The lowest BCUT2D eigenvalue weighted by molar-refractivity contribution is 0.715. The van der Waals surface area contributed by atoms with E-state index in [0.717, 1.165) is 48.2 Å². The Morgan fingerprint density at radius 1 is 1.12 bits per heavy atom. The average Bonchev–Trinajstić information content (AvgIpc) is 2.91. The van der Waals surface area contributed by atoms with Gasteiger partial charge in [-0.1, -0.05) is 26.0 Å². The number of hydrogen-bond acceptors (Lipinski definition) is 4. The first-order valence-electron chi connectivity index (χ1n) is 8.62. The van der Waals surface area contributed by atoms with Crippen LogP contribution in [0, 0.1) is 6.92 Å². The summed E-state index contributed by atoms with van der Waals surface area (Å²) in [6.07, 6.45) is 0.864. The van der Waals surface area contributed by atoms with Gasteiger partial charge in [0.25, 0.3) is 0 Å². The molecular formula is C19H25N5. The van der Waals surface area contributed by atoms with Gasteiger partial charge in [0.2, 0.25) is 0 Å². The van der Waals surface area contributed by atoms with Gasteiger partial charge in [0.15, 0.2) is 0 Å². The number of fused-ring (bicyclic) bond motifs is 1. The smallest absolute Gasteiger partial charge is 0.133 e. The minimum absolute atomic E-state index is 0.328. The molecule has 0 fully saturated rings. The fourth-order valence-corrected chi connectivity index (χ4v) is 2.91. The summed E-state index contributed by atoms with van der Waals surface area (Å²) in [6, 6.07) is 10.3. The Balaban J connectivity index is 1.73. The molecule has 3 rings (SSSR count). The predicted molar refractivity (Wildman–Crippen MR) is 98.5 cm³/mol. The lowest BCUT2D eigenvalue weighted by Crippen LogP contribution is -2.12. The first-order chi connectivity index (χ1) is 11.6. The topological polar surface area (TPSA) is 55.6 Å². The van der Waals surface area contributed by atoms with E-state index in [-0.39, 0.29) is 0 Å². The normalized spacial score (nSPS) is 11.4. The molecule has 0 aliphatic rings. The number of anilines is 1. The van der Waals surface area contributed by atoms with Gasteiger partial charge in [-0.15, -0.1) is 0 Å². The van der Waals surface area contributed by atoms with E-state index in [1.807, 2.05) is 19.1 Å². The minimum Gasteiger partial charge on any atom is -0.370 e. The molecule has 3 aromatic rings. The molecule has 0 amide bonds. The number of nitrogens with zero attached hydrogens (tertiary/aromatic N) is 4. The third-order valence-electron chi connectivity index (χ3n) is 4.09. The van der Waals surface area contributed by atoms with E-state index in [2.05, 4.69) is 58.8 Å². The van der Waals surface area contributed by atoms with Crippen molar-refractivity contribution >= 4 is 16.9 Å². The lowest BCUT2D eigenvalue weighted by atomic mass is 10.2. The molecular weight excluding hydrogens is 298 g/mol. The summed E-state index contributed by atoms with van der Waals surface area (Å²) in [6.45, 7) is 10.1. The Hall–Kier alpha value is -2.43. The second kappa shape index (κ2) is 6.99. The maximum absolute atomic E-state index is 4.77. The number of benzene rings is 1. The quantitative estimate of drug-likeness (QED) is 0.746. The Labute approximate surface area is 143 Å². The molecule has 0 unspecified atom stereocenters. The van der Waals surface area contributed by atoms with Gasteiger partial charge in [0.05, 0.1) is 11.0 Å². The van der Waals surface area contributed by atoms with Crippen molar-refractivity contribution in [3.63, 3.8) is 0 Å².